The number of carbonyl (C=O) groups excluding carboxylic acids is 1. The van der Waals surface area contributed by atoms with Crippen LogP contribution in [-0.4, -0.2) is 52.0 Å². The largest absolute Gasteiger partial charge is 0.340 e. The molecular weight excluding hydrogens is 352 g/mol. The lowest BCUT2D eigenvalue weighted by Crippen LogP contribution is -2.48. The molecule has 1 fully saturated rings. The summed E-state index contributed by atoms with van der Waals surface area (Å²) in [4.78, 5) is 21.1. The van der Waals surface area contributed by atoms with Gasteiger partial charge in [0.15, 0.2) is 5.82 Å². The third-order valence-corrected chi connectivity index (χ3v) is 4.85. The average molecular weight is 377 g/mol. The van der Waals surface area contributed by atoms with Crippen LogP contribution in [0.25, 0.3) is 0 Å². The van der Waals surface area contributed by atoms with Crippen LogP contribution in [0, 0.1) is 5.92 Å². The van der Waals surface area contributed by atoms with Crippen molar-refractivity contribution in [1.82, 2.24) is 19.9 Å². The number of rotatable bonds is 6. The van der Waals surface area contributed by atoms with Crippen molar-refractivity contribution in [2.75, 3.05) is 26.2 Å². The smallest absolute Gasteiger partial charge is 0.227 e. The van der Waals surface area contributed by atoms with Gasteiger partial charge >= 0.3 is 0 Å². The number of amides is 1. The Kier molecular flexibility index (Phi) is 6.27. The van der Waals surface area contributed by atoms with E-state index in [-0.39, 0.29) is 5.91 Å². The van der Waals surface area contributed by atoms with Gasteiger partial charge in [0.05, 0.1) is 13.0 Å². The van der Waals surface area contributed by atoms with Gasteiger partial charge in [-0.25, -0.2) is 0 Å². The van der Waals surface area contributed by atoms with Crippen molar-refractivity contribution in [3.8, 4) is 0 Å². The Hall–Kier alpha value is -1.92. The van der Waals surface area contributed by atoms with E-state index in [4.69, 9.17) is 16.1 Å². The number of carbonyl (C=O) groups is 1. The van der Waals surface area contributed by atoms with Gasteiger partial charge in [-0.1, -0.05) is 48.8 Å². The van der Waals surface area contributed by atoms with Gasteiger partial charge < -0.3 is 9.42 Å². The van der Waals surface area contributed by atoms with Crippen LogP contribution in [0.5, 0.6) is 0 Å². The number of hydrogen-bond donors (Lipinski definition) is 0. The van der Waals surface area contributed by atoms with Crippen molar-refractivity contribution in [2.45, 2.75) is 33.2 Å². The van der Waals surface area contributed by atoms with E-state index in [1.54, 1.807) is 0 Å². The van der Waals surface area contributed by atoms with E-state index in [1.807, 2.05) is 29.2 Å². The van der Waals surface area contributed by atoms with Gasteiger partial charge in [-0.3, -0.25) is 9.69 Å². The zero-order valence-electron chi connectivity index (χ0n) is 15.3. The molecule has 0 bridgehead atoms. The molecule has 1 aliphatic heterocycles. The minimum absolute atomic E-state index is 0.122. The lowest BCUT2D eigenvalue weighted by Gasteiger charge is -2.34. The summed E-state index contributed by atoms with van der Waals surface area (Å²) in [7, 11) is 0. The van der Waals surface area contributed by atoms with Gasteiger partial charge in [0.2, 0.25) is 11.8 Å². The summed E-state index contributed by atoms with van der Waals surface area (Å²) in [5.41, 5.74) is 0.881. The summed E-state index contributed by atoms with van der Waals surface area (Å²) in [6.45, 7) is 7.95. The fraction of sp³-hybridized carbons (Fsp3) is 0.526. The van der Waals surface area contributed by atoms with Crippen molar-refractivity contribution in [3.05, 3.63) is 46.6 Å². The van der Waals surface area contributed by atoms with Crippen LogP contribution in [0.1, 0.15) is 31.1 Å². The predicted molar refractivity (Wildman–Crippen MR) is 99.9 cm³/mol. The minimum Gasteiger partial charge on any atom is -0.340 e. The van der Waals surface area contributed by atoms with Crippen LogP contribution in [-0.2, 0) is 24.2 Å². The highest BCUT2D eigenvalue weighted by molar-refractivity contribution is 6.31. The Bertz CT molecular complexity index is 739. The van der Waals surface area contributed by atoms with Crippen LogP contribution in [0.3, 0.4) is 0 Å². The zero-order valence-corrected chi connectivity index (χ0v) is 16.1. The van der Waals surface area contributed by atoms with Crippen molar-refractivity contribution in [1.29, 1.82) is 0 Å². The van der Waals surface area contributed by atoms with E-state index in [0.29, 0.717) is 42.9 Å². The Labute approximate surface area is 159 Å². The van der Waals surface area contributed by atoms with E-state index in [1.165, 1.54) is 0 Å². The lowest BCUT2D eigenvalue weighted by molar-refractivity contribution is -0.132. The van der Waals surface area contributed by atoms with Crippen molar-refractivity contribution in [2.24, 2.45) is 5.92 Å². The highest BCUT2D eigenvalue weighted by atomic mass is 35.5. The number of aromatic nitrogens is 2. The first kappa shape index (κ1) is 18.9. The summed E-state index contributed by atoms with van der Waals surface area (Å²) in [6, 6.07) is 7.51. The Morgan fingerprint density at radius 1 is 1.23 bits per heavy atom. The first-order chi connectivity index (χ1) is 12.5. The molecular formula is C19H25ClN4O2. The van der Waals surface area contributed by atoms with Crippen LogP contribution in [0.4, 0.5) is 0 Å². The molecule has 1 aromatic carbocycles. The van der Waals surface area contributed by atoms with Gasteiger partial charge in [-0.15, -0.1) is 0 Å². The second-order valence-electron chi connectivity index (χ2n) is 7.13. The third kappa shape index (κ3) is 5.05. The van der Waals surface area contributed by atoms with E-state index in [9.17, 15) is 4.79 Å². The normalized spacial score (nSPS) is 15.6. The van der Waals surface area contributed by atoms with Gasteiger partial charge in [0, 0.05) is 37.6 Å². The van der Waals surface area contributed by atoms with Crippen LogP contribution in [0.15, 0.2) is 28.8 Å². The van der Waals surface area contributed by atoms with Crippen LogP contribution < -0.4 is 0 Å². The summed E-state index contributed by atoms with van der Waals surface area (Å²) >= 11 is 6.15. The van der Waals surface area contributed by atoms with E-state index in [2.05, 4.69) is 28.9 Å². The first-order valence-corrected chi connectivity index (χ1v) is 9.44. The number of piperazine rings is 1. The molecule has 0 radical (unpaired) electrons. The molecule has 3 rings (SSSR count). The maximum absolute atomic E-state index is 12.5. The van der Waals surface area contributed by atoms with Crippen molar-refractivity contribution in [3.63, 3.8) is 0 Å². The molecule has 140 valence electrons. The molecule has 0 spiro atoms. The average Bonchev–Trinajstić information content (AvgIpc) is 3.03. The maximum atomic E-state index is 12.5. The molecule has 1 saturated heterocycles. The Balaban J connectivity index is 1.47. The quantitative estimate of drug-likeness (QED) is 0.775. The second kappa shape index (κ2) is 8.64. The molecule has 1 aromatic heterocycles. The van der Waals surface area contributed by atoms with E-state index >= 15 is 0 Å². The fourth-order valence-corrected chi connectivity index (χ4v) is 3.26. The fourth-order valence-electron chi connectivity index (χ4n) is 3.06. The minimum atomic E-state index is 0.122. The van der Waals surface area contributed by atoms with Crippen LogP contribution in [0.2, 0.25) is 5.02 Å². The standard InChI is InChI=1S/C19H25ClN4O2/c1-14(2)11-18-21-17(22-26-18)13-23-7-9-24(10-8-23)19(25)12-15-5-3-4-6-16(15)20/h3-6,14H,7-13H2,1-2H3. The third-order valence-electron chi connectivity index (χ3n) is 4.48. The van der Waals surface area contributed by atoms with Gasteiger partial charge in [-0.05, 0) is 17.5 Å². The molecule has 0 saturated carbocycles. The van der Waals surface area contributed by atoms with Gasteiger partial charge in [-0.2, -0.15) is 4.98 Å². The molecule has 1 aliphatic rings. The highest BCUT2D eigenvalue weighted by Gasteiger charge is 2.23. The lowest BCUT2D eigenvalue weighted by atomic mass is 10.1. The number of halogens is 1. The molecule has 26 heavy (non-hydrogen) atoms. The second-order valence-corrected chi connectivity index (χ2v) is 7.53. The molecule has 0 unspecified atom stereocenters. The molecule has 7 heteroatoms. The predicted octanol–water partition coefficient (Wildman–Crippen LogP) is 2.81. The Morgan fingerprint density at radius 2 is 1.96 bits per heavy atom. The van der Waals surface area contributed by atoms with Gasteiger partial charge in [0.25, 0.3) is 0 Å². The maximum Gasteiger partial charge on any atom is 0.227 e. The summed E-state index contributed by atoms with van der Waals surface area (Å²) in [5.74, 6) is 2.03. The van der Waals surface area contributed by atoms with E-state index in [0.717, 1.165) is 30.9 Å². The zero-order chi connectivity index (χ0) is 18.5. The van der Waals surface area contributed by atoms with Crippen molar-refractivity contribution < 1.29 is 9.32 Å². The SMILES string of the molecule is CC(C)Cc1nc(CN2CCN(C(=O)Cc3ccccc3Cl)CC2)no1. The van der Waals surface area contributed by atoms with Crippen LogP contribution >= 0.6 is 11.6 Å². The number of nitrogens with zero attached hydrogens (tertiary/aromatic N) is 4. The molecule has 0 aliphatic carbocycles. The number of benzene rings is 1. The highest BCUT2D eigenvalue weighted by Crippen LogP contribution is 2.17. The summed E-state index contributed by atoms with van der Waals surface area (Å²) in [5, 5.41) is 4.71. The molecule has 1 amide bonds. The monoisotopic (exact) mass is 376 g/mol. The van der Waals surface area contributed by atoms with Gasteiger partial charge in [0.1, 0.15) is 0 Å². The van der Waals surface area contributed by atoms with E-state index < -0.39 is 0 Å². The topological polar surface area (TPSA) is 62.5 Å². The number of hydrogen-bond acceptors (Lipinski definition) is 5. The van der Waals surface area contributed by atoms with Crippen molar-refractivity contribution >= 4 is 17.5 Å². The summed E-state index contributed by atoms with van der Waals surface area (Å²) in [6.07, 6.45) is 1.15. The molecule has 0 N–H and O–H groups in total. The first-order valence-electron chi connectivity index (χ1n) is 9.06. The summed E-state index contributed by atoms with van der Waals surface area (Å²) < 4.78 is 5.29. The Morgan fingerprint density at radius 3 is 2.65 bits per heavy atom. The molecule has 2 aromatic rings. The molecule has 6 nitrogen and oxygen atoms in total. The molecule has 2 heterocycles. The molecule has 0 atom stereocenters.